The number of para-hydroxylation sites is 2. The largest absolute Gasteiger partial charge is 0.341 e. The van der Waals surface area contributed by atoms with E-state index < -0.39 is 0 Å². The molecule has 2 heterocycles. The van der Waals surface area contributed by atoms with Crippen molar-refractivity contribution >= 4 is 17.0 Å². The topological polar surface area (TPSA) is 33.1 Å². The highest BCUT2D eigenvalue weighted by molar-refractivity contribution is 5.78. The smallest absolute Gasteiger partial charge is 0.206 e. The van der Waals surface area contributed by atoms with E-state index >= 15 is 0 Å². The molecule has 1 aromatic carbocycles. The van der Waals surface area contributed by atoms with Gasteiger partial charge in [-0.3, -0.25) is 0 Å². The van der Waals surface area contributed by atoms with Crippen LogP contribution in [-0.4, -0.2) is 35.2 Å². The van der Waals surface area contributed by atoms with Crippen LogP contribution in [0, 0.1) is 0 Å². The zero-order valence-corrected chi connectivity index (χ0v) is 13.2. The number of aryl methyl sites for hydroxylation is 1. The monoisotopic (exact) mass is 286 g/mol. The lowest BCUT2D eigenvalue weighted by molar-refractivity contribution is 0.561. The first kappa shape index (κ1) is 14.4. The molecular formula is C17H26N4. The van der Waals surface area contributed by atoms with E-state index in [9.17, 15) is 0 Å². The number of rotatable bonds is 6. The van der Waals surface area contributed by atoms with Crippen LogP contribution in [0.5, 0.6) is 0 Å². The number of nitrogens with zero attached hydrogens (tertiary/aromatic N) is 3. The van der Waals surface area contributed by atoms with Gasteiger partial charge in [-0.05, 0) is 37.9 Å². The molecule has 1 aliphatic rings. The van der Waals surface area contributed by atoms with Crippen LogP contribution in [0.15, 0.2) is 24.3 Å². The third-order valence-electron chi connectivity index (χ3n) is 4.43. The Kier molecular flexibility index (Phi) is 4.44. The lowest BCUT2D eigenvalue weighted by Crippen LogP contribution is -2.39. The molecular weight excluding hydrogens is 260 g/mol. The second-order valence-corrected chi connectivity index (χ2v) is 6.05. The van der Waals surface area contributed by atoms with Gasteiger partial charge in [-0.1, -0.05) is 25.5 Å². The van der Waals surface area contributed by atoms with Gasteiger partial charge in [0.1, 0.15) is 0 Å². The molecule has 0 aliphatic carbocycles. The number of anilines is 1. The lowest BCUT2D eigenvalue weighted by atomic mass is 10.2. The summed E-state index contributed by atoms with van der Waals surface area (Å²) >= 11 is 0. The van der Waals surface area contributed by atoms with Crippen LogP contribution in [0.4, 0.5) is 5.95 Å². The molecule has 1 unspecified atom stereocenters. The molecule has 0 saturated carbocycles. The molecule has 3 rings (SSSR count). The van der Waals surface area contributed by atoms with Gasteiger partial charge in [-0.2, -0.15) is 0 Å². The second kappa shape index (κ2) is 6.48. The maximum absolute atomic E-state index is 4.87. The second-order valence-electron chi connectivity index (χ2n) is 6.05. The Hall–Kier alpha value is -1.55. The molecule has 0 spiro atoms. The number of imidazole rings is 1. The first-order valence-electron chi connectivity index (χ1n) is 8.19. The van der Waals surface area contributed by atoms with Crippen molar-refractivity contribution in [1.29, 1.82) is 0 Å². The van der Waals surface area contributed by atoms with E-state index in [1.165, 1.54) is 31.2 Å². The standard InChI is InChI=1S/C17H26N4/c1-3-4-12-21(13-14-8-7-11-18-14)17-19-15-9-5-6-10-16(15)20(17)2/h5-6,9-10,14,18H,3-4,7-8,11-13H2,1-2H3. The van der Waals surface area contributed by atoms with Crippen molar-refractivity contribution in [3.05, 3.63) is 24.3 Å². The third-order valence-corrected chi connectivity index (χ3v) is 4.43. The Balaban J connectivity index is 1.87. The highest BCUT2D eigenvalue weighted by Gasteiger charge is 2.21. The molecule has 1 fully saturated rings. The molecule has 0 radical (unpaired) electrons. The number of aromatic nitrogens is 2. The van der Waals surface area contributed by atoms with Crippen LogP contribution < -0.4 is 10.2 Å². The van der Waals surface area contributed by atoms with Gasteiger partial charge in [0, 0.05) is 26.2 Å². The average molecular weight is 286 g/mol. The van der Waals surface area contributed by atoms with Crippen LogP contribution >= 0.6 is 0 Å². The zero-order chi connectivity index (χ0) is 14.7. The van der Waals surface area contributed by atoms with E-state index in [2.05, 4.69) is 53.0 Å². The average Bonchev–Trinajstić information content (AvgIpc) is 3.12. The summed E-state index contributed by atoms with van der Waals surface area (Å²) in [6.07, 6.45) is 5.02. The van der Waals surface area contributed by atoms with Gasteiger partial charge in [0.2, 0.25) is 5.95 Å². The van der Waals surface area contributed by atoms with Crippen LogP contribution in [0.25, 0.3) is 11.0 Å². The molecule has 114 valence electrons. The molecule has 4 heteroatoms. The quantitative estimate of drug-likeness (QED) is 0.886. The fourth-order valence-corrected chi connectivity index (χ4v) is 3.22. The van der Waals surface area contributed by atoms with Crippen molar-refractivity contribution in [1.82, 2.24) is 14.9 Å². The van der Waals surface area contributed by atoms with Gasteiger partial charge in [0.05, 0.1) is 11.0 Å². The Morgan fingerprint density at radius 3 is 2.95 bits per heavy atom. The summed E-state index contributed by atoms with van der Waals surface area (Å²) in [6, 6.07) is 9.01. The van der Waals surface area contributed by atoms with Gasteiger partial charge >= 0.3 is 0 Å². The fraction of sp³-hybridized carbons (Fsp3) is 0.588. The Morgan fingerprint density at radius 1 is 1.38 bits per heavy atom. The molecule has 1 atom stereocenters. The highest BCUT2D eigenvalue weighted by Crippen LogP contribution is 2.22. The van der Waals surface area contributed by atoms with E-state index in [1.807, 2.05) is 0 Å². The molecule has 1 saturated heterocycles. The van der Waals surface area contributed by atoms with Crippen molar-refractivity contribution in [3.8, 4) is 0 Å². The fourth-order valence-electron chi connectivity index (χ4n) is 3.22. The number of fused-ring (bicyclic) bond motifs is 1. The Morgan fingerprint density at radius 2 is 2.24 bits per heavy atom. The molecule has 21 heavy (non-hydrogen) atoms. The molecule has 0 amide bonds. The van der Waals surface area contributed by atoms with Gasteiger partial charge in [-0.25, -0.2) is 4.98 Å². The minimum atomic E-state index is 0.613. The number of hydrogen-bond donors (Lipinski definition) is 1. The predicted molar refractivity (Wildman–Crippen MR) is 88.9 cm³/mol. The number of unbranched alkanes of at least 4 members (excludes halogenated alkanes) is 1. The third kappa shape index (κ3) is 3.05. The molecule has 2 aromatic rings. The summed E-state index contributed by atoms with van der Waals surface area (Å²) in [4.78, 5) is 7.33. The predicted octanol–water partition coefficient (Wildman–Crippen LogP) is 2.93. The highest BCUT2D eigenvalue weighted by atomic mass is 15.3. The van der Waals surface area contributed by atoms with Gasteiger partial charge in [0.15, 0.2) is 0 Å². The zero-order valence-electron chi connectivity index (χ0n) is 13.2. The van der Waals surface area contributed by atoms with E-state index in [-0.39, 0.29) is 0 Å². The van der Waals surface area contributed by atoms with E-state index in [0.29, 0.717) is 6.04 Å². The van der Waals surface area contributed by atoms with Crippen molar-refractivity contribution in [2.45, 2.75) is 38.6 Å². The first-order valence-corrected chi connectivity index (χ1v) is 8.19. The van der Waals surface area contributed by atoms with Gasteiger partial charge in [-0.15, -0.1) is 0 Å². The van der Waals surface area contributed by atoms with Crippen molar-refractivity contribution in [3.63, 3.8) is 0 Å². The lowest BCUT2D eigenvalue weighted by Gasteiger charge is -2.26. The maximum Gasteiger partial charge on any atom is 0.206 e. The summed E-state index contributed by atoms with van der Waals surface area (Å²) in [6.45, 7) is 5.57. The normalized spacial score (nSPS) is 18.5. The Labute approximate surface area is 127 Å². The summed E-state index contributed by atoms with van der Waals surface area (Å²) in [5.41, 5.74) is 2.31. The van der Waals surface area contributed by atoms with Crippen LogP contribution in [0.2, 0.25) is 0 Å². The number of hydrogen-bond acceptors (Lipinski definition) is 3. The maximum atomic E-state index is 4.87. The van der Waals surface area contributed by atoms with E-state index in [0.717, 1.165) is 31.1 Å². The molecule has 1 aromatic heterocycles. The van der Waals surface area contributed by atoms with Gasteiger partial charge in [0.25, 0.3) is 0 Å². The summed E-state index contributed by atoms with van der Waals surface area (Å²) in [5.74, 6) is 1.11. The summed E-state index contributed by atoms with van der Waals surface area (Å²) < 4.78 is 2.24. The summed E-state index contributed by atoms with van der Waals surface area (Å²) in [7, 11) is 2.13. The minimum absolute atomic E-state index is 0.613. The molecule has 0 bridgehead atoms. The number of nitrogens with one attached hydrogen (secondary N) is 1. The number of benzene rings is 1. The molecule has 4 nitrogen and oxygen atoms in total. The van der Waals surface area contributed by atoms with Crippen molar-refractivity contribution < 1.29 is 0 Å². The van der Waals surface area contributed by atoms with Gasteiger partial charge < -0.3 is 14.8 Å². The van der Waals surface area contributed by atoms with E-state index in [1.54, 1.807) is 0 Å². The van der Waals surface area contributed by atoms with Crippen LogP contribution in [0.1, 0.15) is 32.6 Å². The minimum Gasteiger partial charge on any atom is -0.341 e. The molecule has 1 aliphatic heterocycles. The first-order chi connectivity index (χ1) is 10.3. The Bertz CT molecular complexity index is 583. The SMILES string of the molecule is CCCCN(CC1CCCN1)c1nc2ccccc2n1C. The van der Waals surface area contributed by atoms with Crippen molar-refractivity contribution in [2.24, 2.45) is 7.05 Å². The van der Waals surface area contributed by atoms with Crippen molar-refractivity contribution in [2.75, 3.05) is 24.5 Å². The van der Waals surface area contributed by atoms with E-state index in [4.69, 9.17) is 4.98 Å². The van der Waals surface area contributed by atoms with Crippen LogP contribution in [0.3, 0.4) is 0 Å². The molecule has 1 N–H and O–H groups in total. The van der Waals surface area contributed by atoms with Crippen LogP contribution in [-0.2, 0) is 7.05 Å². The summed E-state index contributed by atoms with van der Waals surface area (Å²) in [5, 5.41) is 3.61.